The van der Waals surface area contributed by atoms with Crippen molar-refractivity contribution >= 4 is 5.69 Å². The minimum absolute atomic E-state index is 0.282. The predicted octanol–water partition coefficient (Wildman–Crippen LogP) is 4.44. The van der Waals surface area contributed by atoms with Crippen molar-refractivity contribution in [2.75, 3.05) is 12.4 Å². The maximum atomic E-state index is 4.23. The predicted molar refractivity (Wildman–Crippen MR) is 96.0 cm³/mol. The highest BCUT2D eigenvalue weighted by Crippen LogP contribution is 2.31. The van der Waals surface area contributed by atoms with Crippen molar-refractivity contribution in [1.29, 1.82) is 0 Å². The van der Waals surface area contributed by atoms with Gasteiger partial charge in [-0.3, -0.25) is 0 Å². The molecule has 0 aliphatic rings. The van der Waals surface area contributed by atoms with Crippen LogP contribution in [0.2, 0.25) is 0 Å². The van der Waals surface area contributed by atoms with E-state index in [1.807, 2.05) is 13.2 Å². The Morgan fingerprint density at radius 2 is 1.96 bits per heavy atom. The zero-order chi connectivity index (χ0) is 16.2. The quantitative estimate of drug-likeness (QED) is 0.731. The molecule has 3 heteroatoms. The van der Waals surface area contributed by atoms with Crippen molar-refractivity contribution in [3.8, 4) is 0 Å². The standard InChI is InChI=1S/C20H23N3/c1-14-6-4-9-18(15(14)2)19(20-12-22-13-23-20)11-16-7-5-8-17(10-16)21-3/h4-10,12-13,19,21H,11H2,1-3H3,(H,22,23). The van der Waals surface area contributed by atoms with Crippen molar-refractivity contribution in [2.45, 2.75) is 26.2 Å². The Kier molecular flexibility index (Phi) is 4.47. The Morgan fingerprint density at radius 1 is 1.13 bits per heavy atom. The van der Waals surface area contributed by atoms with Gasteiger partial charge in [0, 0.05) is 30.5 Å². The molecule has 0 radical (unpaired) electrons. The molecule has 1 unspecified atom stereocenters. The van der Waals surface area contributed by atoms with E-state index in [1.54, 1.807) is 6.33 Å². The highest BCUT2D eigenvalue weighted by Gasteiger charge is 2.19. The second-order valence-corrected chi connectivity index (χ2v) is 6.00. The molecule has 2 N–H and O–H groups in total. The molecule has 0 aliphatic heterocycles. The van der Waals surface area contributed by atoms with Gasteiger partial charge in [-0.25, -0.2) is 4.98 Å². The molecule has 118 valence electrons. The van der Waals surface area contributed by atoms with E-state index < -0.39 is 0 Å². The Bertz CT molecular complexity index is 775. The third-order valence-corrected chi connectivity index (χ3v) is 4.57. The first kappa shape index (κ1) is 15.3. The summed E-state index contributed by atoms with van der Waals surface area (Å²) in [7, 11) is 1.95. The van der Waals surface area contributed by atoms with Crippen molar-refractivity contribution in [3.63, 3.8) is 0 Å². The number of aromatic nitrogens is 2. The largest absolute Gasteiger partial charge is 0.388 e. The van der Waals surface area contributed by atoms with Crippen LogP contribution in [0.25, 0.3) is 0 Å². The van der Waals surface area contributed by atoms with E-state index in [4.69, 9.17) is 0 Å². The van der Waals surface area contributed by atoms with E-state index in [1.165, 1.54) is 22.3 Å². The number of benzene rings is 2. The number of aromatic amines is 1. The van der Waals surface area contributed by atoms with E-state index in [-0.39, 0.29) is 5.92 Å². The first-order valence-corrected chi connectivity index (χ1v) is 8.00. The van der Waals surface area contributed by atoms with E-state index in [9.17, 15) is 0 Å². The molecule has 0 spiro atoms. The van der Waals surface area contributed by atoms with E-state index in [2.05, 4.69) is 71.6 Å². The van der Waals surface area contributed by atoms with E-state index in [0.717, 1.165) is 17.8 Å². The van der Waals surface area contributed by atoms with Crippen molar-refractivity contribution < 1.29 is 0 Å². The number of nitrogens with zero attached hydrogens (tertiary/aromatic N) is 1. The lowest BCUT2D eigenvalue weighted by Crippen LogP contribution is -2.08. The number of H-pyrrole nitrogens is 1. The molecule has 3 aromatic rings. The van der Waals surface area contributed by atoms with Gasteiger partial charge in [-0.05, 0) is 54.7 Å². The fourth-order valence-corrected chi connectivity index (χ4v) is 3.09. The molecular weight excluding hydrogens is 282 g/mol. The van der Waals surface area contributed by atoms with Crippen molar-refractivity contribution in [3.05, 3.63) is 82.9 Å². The zero-order valence-corrected chi connectivity index (χ0v) is 13.9. The van der Waals surface area contributed by atoms with Crippen LogP contribution in [0.1, 0.15) is 33.9 Å². The molecule has 0 bridgehead atoms. The summed E-state index contributed by atoms with van der Waals surface area (Å²) in [6, 6.07) is 15.1. The summed E-state index contributed by atoms with van der Waals surface area (Å²) in [5.41, 5.74) is 7.68. The van der Waals surface area contributed by atoms with Crippen LogP contribution in [-0.4, -0.2) is 17.0 Å². The highest BCUT2D eigenvalue weighted by atomic mass is 14.9. The van der Waals surface area contributed by atoms with Gasteiger partial charge in [-0.2, -0.15) is 0 Å². The second-order valence-electron chi connectivity index (χ2n) is 6.00. The Hall–Kier alpha value is -2.55. The number of anilines is 1. The highest BCUT2D eigenvalue weighted by molar-refractivity contribution is 5.47. The maximum absolute atomic E-state index is 4.23. The van der Waals surface area contributed by atoms with Gasteiger partial charge in [0.15, 0.2) is 0 Å². The lowest BCUT2D eigenvalue weighted by molar-refractivity contribution is 0.773. The van der Waals surface area contributed by atoms with Gasteiger partial charge in [0.05, 0.1) is 6.33 Å². The Morgan fingerprint density at radius 3 is 2.70 bits per heavy atom. The Labute approximate surface area is 137 Å². The van der Waals surface area contributed by atoms with Gasteiger partial charge in [0.2, 0.25) is 0 Å². The average Bonchev–Trinajstić information content (AvgIpc) is 3.10. The molecule has 1 heterocycles. The SMILES string of the molecule is CNc1cccc(CC(c2cnc[nH]2)c2cccc(C)c2C)c1. The fraction of sp³-hybridized carbons (Fsp3) is 0.250. The van der Waals surface area contributed by atoms with Crippen LogP contribution < -0.4 is 5.32 Å². The molecule has 2 aromatic carbocycles. The van der Waals surface area contributed by atoms with Crippen LogP contribution in [0.4, 0.5) is 5.69 Å². The van der Waals surface area contributed by atoms with Crippen LogP contribution in [-0.2, 0) is 6.42 Å². The number of nitrogens with one attached hydrogen (secondary N) is 2. The molecule has 0 saturated heterocycles. The van der Waals surface area contributed by atoms with Crippen LogP contribution in [0.5, 0.6) is 0 Å². The van der Waals surface area contributed by atoms with Crippen LogP contribution >= 0.6 is 0 Å². The topological polar surface area (TPSA) is 40.7 Å². The van der Waals surface area contributed by atoms with E-state index >= 15 is 0 Å². The zero-order valence-electron chi connectivity index (χ0n) is 13.9. The van der Waals surface area contributed by atoms with Gasteiger partial charge in [0.25, 0.3) is 0 Å². The number of hydrogen-bond donors (Lipinski definition) is 2. The summed E-state index contributed by atoms with van der Waals surface area (Å²) in [6.45, 7) is 4.38. The molecule has 3 rings (SSSR count). The van der Waals surface area contributed by atoms with Gasteiger partial charge in [-0.15, -0.1) is 0 Å². The molecular formula is C20H23N3. The van der Waals surface area contributed by atoms with Crippen LogP contribution in [0.3, 0.4) is 0 Å². The van der Waals surface area contributed by atoms with Crippen molar-refractivity contribution in [2.24, 2.45) is 0 Å². The van der Waals surface area contributed by atoms with Gasteiger partial charge >= 0.3 is 0 Å². The number of imidazole rings is 1. The smallest absolute Gasteiger partial charge is 0.0921 e. The number of aryl methyl sites for hydroxylation is 1. The summed E-state index contributed by atoms with van der Waals surface area (Å²) in [5.74, 6) is 0.282. The summed E-state index contributed by atoms with van der Waals surface area (Å²) in [4.78, 5) is 7.53. The monoisotopic (exact) mass is 305 g/mol. The van der Waals surface area contributed by atoms with Gasteiger partial charge < -0.3 is 10.3 Å². The minimum atomic E-state index is 0.282. The van der Waals surface area contributed by atoms with Crippen LogP contribution in [0.15, 0.2) is 55.0 Å². The minimum Gasteiger partial charge on any atom is -0.388 e. The molecule has 23 heavy (non-hydrogen) atoms. The number of hydrogen-bond acceptors (Lipinski definition) is 2. The van der Waals surface area contributed by atoms with Crippen molar-refractivity contribution in [1.82, 2.24) is 9.97 Å². The average molecular weight is 305 g/mol. The summed E-state index contributed by atoms with van der Waals surface area (Å²) < 4.78 is 0. The first-order chi connectivity index (χ1) is 11.2. The lowest BCUT2D eigenvalue weighted by Gasteiger charge is -2.20. The molecule has 3 nitrogen and oxygen atoms in total. The van der Waals surface area contributed by atoms with Gasteiger partial charge in [-0.1, -0.05) is 30.3 Å². The fourth-order valence-electron chi connectivity index (χ4n) is 3.09. The summed E-state index contributed by atoms with van der Waals surface area (Å²) in [6.07, 6.45) is 4.65. The molecule has 1 aromatic heterocycles. The molecule has 0 aliphatic carbocycles. The van der Waals surface area contributed by atoms with Crippen LogP contribution in [0, 0.1) is 13.8 Å². The first-order valence-electron chi connectivity index (χ1n) is 8.00. The maximum Gasteiger partial charge on any atom is 0.0921 e. The summed E-state index contributed by atoms with van der Waals surface area (Å²) in [5, 5.41) is 3.22. The normalized spacial score (nSPS) is 12.1. The molecule has 0 fully saturated rings. The molecule has 1 atom stereocenters. The molecule has 0 amide bonds. The number of rotatable bonds is 5. The third-order valence-electron chi connectivity index (χ3n) is 4.57. The third kappa shape index (κ3) is 3.29. The summed E-state index contributed by atoms with van der Waals surface area (Å²) >= 11 is 0. The second kappa shape index (κ2) is 6.69. The molecule has 0 saturated carbocycles. The van der Waals surface area contributed by atoms with E-state index in [0.29, 0.717) is 0 Å². The Balaban J connectivity index is 2.01. The van der Waals surface area contributed by atoms with Gasteiger partial charge in [0.1, 0.15) is 0 Å². The lowest BCUT2D eigenvalue weighted by atomic mass is 9.85.